The van der Waals surface area contributed by atoms with Crippen molar-refractivity contribution < 1.29 is 23.8 Å². The van der Waals surface area contributed by atoms with Gasteiger partial charge < -0.3 is 24.0 Å². The topological polar surface area (TPSA) is 77.8 Å². The van der Waals surface area contributed by atoms with Crippen LogP contribution in [0.4, 0.5) is 11.8 Å². The third-order valence-corrected chi connectivity index (χ3v) is 5.28. The number of anilines is 2. The van der Waals surface area contributed by atoms with Crippen molar-refractivity contribution in [2.24, 2.45) is 0 Å². The molecule has 4 rings (SSSR count). The van der Waals surface area contributed by atoms with E-state index in [0.717, 1.165) is 4.57 Å². The smallest absolute Gasteiger partial charge is 0.229 e. The fraction of sp³-hybridized carbons (Fsp3) is 0.737. The van der Waals surface area contributed by atoms with Gasteiger partial charge in [-0.25, -0.2) is 4.98 Å². The molecule has 0 bridgehead atoms. The maximum Gasteiger partial charge on any atom is 0.229 e. The number of rotatable bonds is 7. The summed E-state index contributed by atoms with van der Waals surface area (Å²) in [5.41, 5.74) is 0.317. The minimum absolute atomic E-state index is 0.157. The van der Waals surface area contributed by atoms with Crippen LogP contribution in [-0.4, -0.2) is 86.8 Å². The largest absolute Gasteiger partial charge is 0.378 e. The molecule has 2 aromatic rings. The molecule has 0 amide bonds. The van der Waals surface area contributed by atoms with Crippen molar-refractivity contribution in [3.63, 3.8) is 0 Å². The molecule has 29 heavy (non-hydrogen) atoms. The molecule has 2 aliphatic heterocycles. The Morgan fingerprint density at radius 2 is 1.79 bits per heavy atom. The fourth-order valence-corrected chi connectivity index (χ4v) is 3.37. The summed E-state index contributed by atoms with van der Waals surface area (Å²) in [5, 5.41) is 0. The number of fused-ring (bicyclic) bond motifs is 1. The van der Waals surface area contributed by atoms with Crippen LogP contribution in [0.1, 0.15) is 9.60 Å². The number of morpholine rings is 2. The van der Waals surface area contributed by atoms with E-state index in [-0.39, 0.29) is 17.7 Å². The molecule has 1 radical (unpaired) electrons. The van der Waals surface area contributed by atoms with Crippen LogP contribution in [0.5, 0.6) is 0 Å². The van der Waals surface area contributed by atoms with E-state index >= 15 is 0 Å². The first-order chi connectivity index (χ1) is 16.8. The average molecular weight is 434 g/mol. The van der Waals surface area contributed by atoms with Gasteiger partial charge in [0.25, 0.3) is 0 Å². The summed E-state index contributed by atoms with van der Waals surface area (Å²) in [5.74, 6) is -1.75. The van der Waals surface area contributed by atoms with Crippen LogP contribution in [0.3, 0.4) is 0 Å². The summed E-state index contributed by atoms with van der Waals surface area (Å²) < 4.78 is 75.3. The van der Waals surface area contributed by atoms with Crippen LogP contribution in [0.2, 0.25) is 25.6 Å². The number of imidazole rings is 1. The van der Waals surface area contributed by atoms with Crippen molar-refractivity contribution in [3.8, 4) is 0 Å². The van der Waals surface area contributed by atoms with Gasteiger partial charge in [-0.1, -0.05) is 19.6 Å². The van der Waals surface area contributed by atoms with E-state index in [0.29, 0.717) is 64.4 Å². The second-order valence-electron chi connectivity index (χ2n) is 7.57. The fourth-order valence-electron chi connectivity index (χ4n) is 3.04. The van der Waals surface area contributed by atoms with Crippen LogP contribution < -0.4 is 9.80 Å². The summed E-state index contributed by atoms with van der Waals surface area (Å²) in [7, 11) is -3.11. The van der Waals surface area contributed by atoms with Gasteiger partial charge in [0, 0.05) is 44.9 Å². The maximum atomic E-state index is 8.60. The molecule has 0 aliphatic carbocycles. The van der Waals surface area contributed by atoms with Gasteiger partial charge in [0.05, 0.1) is 31.9 Å². The Morgan fingerprint density at radius 3 is 2.48 bits per heavy atom. The predicted octanol–water partition coefficient (Wildman–Crippen LogP) is 1.61. The minimum atomic E-state index is -3.11. The monoisotopic (exact) mass is 433 g/mol. The quantitative estimate of drug-likeness (QED) is 0.610. The lowest BCUT2D eigenvalue weighted by Gasteiger charge is -2.31. The van der Waals surface area contributed by atoms with Gasteiger partial charge in [0.2, 0.25) is 5.95 Å². The van der Waals surface area contributed by atoms with E-state index in [1.165, 1.54) is 13.1 Å². The molecule has 0 atom stereocenters. The van der Waals surface area contributed by atoms with Crippen LogP contribution in [0, 0.1) is 6.33 Å². The molecule has 2 aliphatic rings. The van der Waals surface area contributed by atoms with Gasteiger partial charge in [-0.15, -0.1) is 0 Å². The number of aromatic nitrogens is 4. The highest BCUT2D eigenvalue weighted by Gasteiger charge is 2.24. The third-order valence-electron chi connectivity index (χ3n) is 4.50. The van der Waals surface area contributed by atoms with E-state index < -0.39 is 27.3 Å². The minimum Gasteiger partial charge on any atom is -0.378 e. The Balaban J connectivity index is 1.78. The van der Waals surface area contributed by atoms with Crippen molar-refractivity contribution in [2.75, 3.05) is 69.0 Å². The molecule has 4 heterocycles. The van der Waals surface area contributed by atoms with Crippen molar-refractivity contribution in [2.45, 2.75) is 32.3 Å². The molecule has 9 nitrogen and oxygen atoms in total. The van der Waals surface area contributed by atoms with E-state index in [1.807, 2.05) is 9.80 Å². The van der Waals surface area contributed by atoms with Crippen LogP contribution in [0.25, 0.3) is 11.2 Å². The Hall–Kier alpha value is -1.75. The Morgan fingerprint density at radius 1 is 1.10 bits per heavy atom. The molecule has 2 aromatic heterocycles. The lowest BCUT2D eigenvalue weighted by Crippen LogP contribution is -2.39. The lowest BCUT2D eigenvalue weighted by atomic mass is 10.3. The highest BCUT2D eigenvalue weighted by atomic mass is 28.3. The SMILES string of the molecule is [3H]C[Si](C)(C)C([3H])([3H])C([3H])([3H])OC([3H])([3H])n1[c]nc2nc(N3CCOCC3)nc(N3CCOCC3)c21. The maximum absolute atomic E-state index is 8.60. The van der Waals surface area contributed by atoms with Crippen molar-refractivity contribution >= 4 is 31.0 Å². The first-order valence-electron chi connectivity index (χ1n) is 13.3. The van der Waals surface area contributed by atoms with E-state index in [1.54, 1.807) is 0 Å². The van der Waals surface area contributed by atoms with Gasteiger partial charge in [0.1, 0.15) is 12.2 Å². The summed E-state index contributed by atoms with van der Waals surface area (Å²) in [6.07, 6.45) is 2.54. The van der Waals surface area contributed by atoms with Gasteiger partial charge >= 0.3 is 0 Å². The van der Waals surface area contributed by atoms with Gasteiger partial charge in [-0.2, -0.15) is 9.97 Å². The molecule has 2 saturated heterocycles. The van der Waals surface area contributed by atoms with E-state index in [2.05, 4.69) is 16.3 Å². The molecule has 159 valence electrons. The van der Waals surface area contributed by atoms with E-state index in [4.69, 9.17) is 28.8 Å². The number of hydrogen-bond donors (Lipinski definition) is 0. The molecule has 0 unspecified atom stereocenters. The number of ether oxygens (including phenoxy) is 3. The Kier molecular flexibility index (Phi) is 4.17. The van der Waals surface area contributed by atoms with Crippen molar-refractivity contribution in [1.29, 1.82) is 0 Å². The Labute approximate surface area is 182 Å². The van der Waals surface area contributed by atoms with Crippen LogP contribution in [0.15, 0.2) is 0 Å². The molecule has 0 saturated carbocycles. The number of hydrogen-bond acceptors (Lipinski definition) is 8. The second-order valence-corrected chi connectivity index (χ2v) is 11.6. The average Bonchev–Trinajstić information content (AvgIpc) is 3.29. The molecule has 0 N–H and O–H groups in total. The first kappa shape index (κ1) is 13.5. The first-order valence-corrected chi connectivity index (χ1v) is 12.8. The van der Waals surface area contributed by atoms with E-state index in [9.17, 15) is 0 Å². The molecule has 0 spiro atoms. The zero-order valence-corrected chi connectivity index (χ0v) is 17.8. The summed E-state index contributed by atoms with van der Waals surface area (Å²) in [4.78, 5) is 17.3. The van der Waals surface area contributed by atoms with Gasteiger partial charge in [0.15, 0.2) is 17.8 Å². The normalized spacial score (nSPS) is 23.6. The van der Waals surface area contributed by atoms with Crippen molar-refractivity contribution in [3.05, 3.63) is 6.33 Å². The lowest BCUT2D eigenvalue weighted by molar-refractivity contribution is 0.0892. The third kappa shape index (κ3) is 5.06. The second kappa shape index (κ2) is 8.95. The zero-order valence-electron chi connectivity index (χ0n) is 23.8. The Bertz CT molecular complexity index is 1080. The highest BCUT2D eigenvalue weighted by Crippen LogP contribution is 2.27. The summed E-state index contributed by atoms with van der Waals surface area (Å²) >= 11 is 0. The predicted molar refractivity (Wildman–Crippen MR) is 114 cm³/mol. The highest BCUT2D eigenvalue weighted by molar-refractivity contribution is 6.76. The van der Waals surface area contributed by atoms with Crippen LogP contribution in [-0.2, 0) is 20.9 Å². The standard InChI is InChI=1S/C19H31N6O3Si/c1-29(2,3)13-12-28-15-25-14-20-17-16(25)18(23-4-8-26-9-5-23)22-19(21-17)24-6-10-27-11-7-24/h4-13,15H2,1-3H3/i1T,12T2,13T2,15T2. The zero-order chi connectivity index (χ0) is 26.4. The number of nitrogens with zero attached hydrogens (tertiary/aromatic N) is 6. The molecular formula is C19H31N6O3Si. The molecule has 2 fully saturated rings. The summed E-state index contributed by atoms with van der Waals surface area (Å²) in [6.45, 7) is 0.998. The summed E-state index contributed by atoms with van der Waals surface area (Å²) in [6, 6.07) is 0. The molecule has 0 aromatic carbocycles. The molecular weight excluding hydrogens is 388 g/mol. The van der Waals surface area contributed by atoms with Crippen molar-refractivity contribution in [1.82, 2.24) is 19.5 Å². The molecule has 10 heteroatoms. The van der Waals surface area contributed by atoms with Gasteiger partial charge in [-0.3, -0.25) is 4.57 Å². The van der Waals surface area contributed by atoms with Gasteiger partial charge in [-0.05, 0) is 6.00 Å². The van der Waals surface area contributed by atoms with Crippen LogP contribution >= 0.6 is 0 Å².